The Labute approximate surface area is 189 Å². The fourth-order valence-corrected chi connectivity index (χ4v) is 4.02. The molecule has 1 fully saturated rings. The van der Waals surface area contributed by atoms with Crippen LogP contribution in [0.2, 0.25) is 0 Å². The van der Waals surface area contributed by atoms with Gasteiger partial charge in [-0.3, -0.25) is 13.9 Å². The van der Waals surface area contributed by atoms with Crippen LogP contribution in [0.4, 0.5) is 17.1 Å². The van der Waals surface area contributed by atoms with Crippen LogP contribution in [0.15, 0.2) is 42.5 Å². The second-order valence-corrected chi connectivity index (χ2v) is 9.89. The lowest BCUT2D eigenvalue weighted by Crippen LogP contribution is -2.32. The predicted octanol–water partition coefficient (Wildman–Crippen LogP) is 3.31. The Morgan fingerprint density at radius 2 is 1.91 bits per heavy atom. The third-order valence-corrected chi connectivity index (χ3v) is 6.69. The zero-order valence-electron chi connectivity index (χ0n) is 18.8. The number of sulfonamides is 1. The van der Waals surface area contributed by atoms with E-state index in [0.717, 1.165) is 23.9 Å². The fourth-order valence-electron chi connectivity index (χ4n) is 3.52. The van der Waals surface area contributed by atoms with Gasteiger partial charge in [0.25, 0.3) is 5.91 Å². The summed E-state index contributed by atoms with van der Waals surface area (Å²) in [5.41, 5.74) is 2.88. The number of carbonyl (C=O) groups is 2. The average Bonchev–Trinajstić information content (AvgIpc) is 3.18. The van der Waals surface area contributed by atoms with Crippen LogP contribution in [-0.4, -0.2) is 46.2 Å². The number of hydrogen-bond donors (Lipinski definition) is 1. The summed E-state index contributed by atoms with van der Waals surface area (Å²) in [6.45, 7) is 4.47. The summed E-state index contributed by atoms with van der Waals surface area (Å²) in [5, 5.41) is 2.88. The molecule has 172 valence electrons. The quantitative estimate of drug-likeness (QED) is 0.653. The first-order chi connectivity index (χ1) is 15.1. The molecule has 2 aromatic rings. The highest BCUT2D eigenvalue weighted by Crippen LogP contribution is 2.28. The highest BCUT2D eigenvalue weighted by molar-refractivity contribution is 7.92. The summed E-state index contributed by atoms with van der Waals surface area (Å²) in [5.74, 6) is 0.258. The van der Waals surface area contributed by atoms with Gasteiger partial charge in [-0.25, -0.2) is 8.42 Å². The lowest BCUT2D eigenvalue weighted by Gasteiger charge is -2.21. The number of hydrogen-bond acceptors (Lipinski definition) is 5. The van der Waals surface area contributed by atoms with Crippen molar-refractivity contribution in [2.24, 2.45) is 0 Å². The molecule has 8 nitrogen and oxygen atoms in total. The standard InChI is InChI=1S/C23H29N3O5S/c1-5-21(31-19-12-10-18(11-13-19)25(3)32(4,29)30)23(28)24-17-9-8-16(2)20(15-17)26-14-6-7-22(26)27/h8-13,15,21H,5-7,14H2,1-4H3,(H,24,28)/t21-/m1/s1. The van der Waals surface area contributed by atoms with E-state index in [9.17, 15) is 18.0 Å². The molecule has 1 aliphatic rings. The minimum absolute atomic E-state index is 0.0938. The summed E-state index contributed by atoms with van der Waals surface area (Å²) in [4.78, 5) is 26.7. The molecule has 0 saturated carbocycles. The van der Waals surface area contributed by atoms with Gasteiger partial charge in [0.05, 0.1) is 11.9 Å². The summed E-state index contributed by atoms with van der Waals surface area (Å²) in [7, 11) is -1.89. The zero-order chi connectivity index (χ0) is 23.5. The predicted molar refractivity (Wildman–Crippen MR) is 126 cm³/mol. The van der Waals surface area contributed by atoms with Crippen molar-refractivity contribution in [2.75, 3.05) is 34.4 Å². The molecule has 0 unspecified atom stereocenters. The molecule has 0 aliphatic carbocycles. The van der Waals surface area contributed by atoms with Crippen LogP contribution in [0.5, 0.6) is 5.75 Å². The topological polar surface area (TPSA) is 96.0 Å². The molecule has 2 amide bonds. The Morgan fingerprint density at radius 3 is 2.47 bits per heavy atom. The molecule has 1 atom stereocenters. The number of benzene rings is 2. The number of aryl methyl sites for hydroxylation is 1. The third-order valence-electron chi connectivity index (χ3n) is 5.48. The first-order valence-corrected chi connectivity index (χ1v) is 12.4. The van der Waals surface area contributed by atoms with Gasteiger partial charge in [0.1, 0.15) is 5.75 Å². The summed E-state index contributed by atoms with van der Waals surface area (Å²) >= 11 is 0. The van der Waals surface area contributed by atoms with E-state index < -0.39 is 16.1 Å². The zero-order valence-corrected chi connectivity index (χ0v) is 19.6. The van der Waals surface area contributed by atoms with Crippen LogP contribution in [0.1, 0.15) is 31.7 Å². The Morgan fingerprint density at radius 1 is 1.22 bits per heavy atom. The van der Waals surface area contributed by atoms with Gasteiger partial charge < -0.3 is 15.0 Å². The van der Waals surface area contributed by atoms with Crippen LogP contribution in [0.25, 0.3) is 0 Å². The number of nitrogens with zero attached hydrogens (tertiary/aromatic N) is 2. The molecule has 2 aromatic carbocycles. The minimum Gasteiger partial charge on any atom is -0.481 e. The van der Waals surface area contributed by atoms with Crippen LogP contribution in [-0.2, 0) is 19.6 Å². The monoisotopic (exact) mass is 459 g/mol. The van der Waals surface area contributed by atoms with Gasteiger partial charge in [-0.1, -0.05) is 13.0 Å². The normalized spacial score (nSPS) is 14.9. The van der Waals surface area contributed by atoms with E-state index in [-0.39, 0.29) is 11.8 Å². The van der Waals surface area contributed by atoms with Gasteiger partial charge in [-0.15, -0.1) is 0 Å². The first kappa shape index (κ1) is 23.6. The van der Waals surface area contributed by atoms with Crippen molar-refractivity contribution in [3.05, 3.63) is 48.0 Å². The number of nitrogens with one attached hydrogen (secondary N) is 1. The van der Waals surface area contributed by atoms with Gasteiger partial charge in [0.15, 0.2) is 6.10 Å². The molecule has 0 spiro atoms. The van der Waals surface area contributed by atoms with Crippen LogP contribution in [0, 0.1) is 6.92 Å². The molecule has 1 heterocycles. The molecule has 1 N–H and O–H groups in total. The molecular weight excluding hydrogens is 430 g/mol. The largest absolute Gasteiger partial charge is 0.481 e. The molecule has 0 aromatic heterocycles. The van der Waals surface area contributed by atoms with E-state index in [0.29, 0.717) is 36.5 Å². The van der Waals surface area contributed by atoms with Crippen molar-refractivity contribution in [1.29, 1.82) is 0 Å². The fraction of sp³-hybridized carbons (Fsp3) is 0.391. The first-order valence-electron chi connectivity index (χ1n) is 10.5. The van der Waals surface area contributed by atoms with Crippen molar-refractivity contribution in [3.63, 3.8) is 0 Å². The SMILES string of the molecule is CC[C@@H](Oc1ccc(N(C)S(C)(=O)=O)cc1)C(=O)Nc1ccc(C)c(N2CCCC2=O)c1. The second kappa shape index (κ2) is 9.60. The van der Waals surface area contributed by atoms with Gasteiger partial charge in [0, 0.05) is 31.4 Å². The van der Waals surface area contributed by atoms with Gasteiger partial charge in [-0.2, -0.15) is 0 Å². The second-order valence-electron chi connectivity index (χ2n) is 7.88. The van der Waals surface area contributed by atoms with Crippen molar-refractivity contribution in [2.45, 2.75) is 39.2 Å². The van der Waals surface area contributed by atoms with E-state index in [1.54, 1.807) is 35.2 Å². The lowest BCUT2D eigenvalue weighted by atomic mass is 10.1. The van der Waals surface area contributed by atoms with Gasteiger partial charge in [0.2, 0.25) is 15.9 Å². The molecule has 1 aliphatic heterocycles. The Hall–Kier alpha value is -3.07. The van der Waals surface area contributed by atoms with Crippen molar-refractivity contribution >= 4 is 38.9 Å². The van der Waals surface area contributed by atoms with Crippen molar-refractivity contribution in [1.82, 2.24) is 0 Å². The summed E-state index contributed by atoms with van der Waals surface area (Å²) in [6.07, 6.45) is 2.22. The summed E-state index contributed by atoms with van der Waals surface area (Å²) < 4.78 is 30.4. The van der Waals surface area contributed by atoms with Crippen LogP contribution in [0.3, 0.4) is 0 Å². The molecule has 9 heteroatoms. The van der Waals surface area contributed by atoms with Gasteiger partial charge >= 0.3 is 0 Å². The number of ether oxygens (including phenoxy) is 1. The molecule has 3 rings (SSSR count). The van der Waals surface area contributed by atoms with E-state index in [1.165, 1.54) is 11.4 Å². The highest BCUT2D eigenvalue weighted by Gasteiger charge is 2.24. The maximum atomic E-state index is 12.8. The van der Waals surface area contributed by atoms with Gasteiger partial charge in [-0.05, 0) is 61.7 Å². The molecule has 0 radical (unpaired) electrons. The Bertz CT molecular complexity index is 1100. The molecular formula is C23H29N3O5S. The number of anilines is 3. The summed E-state index contributed by atoms with van der Waals surface area (Å²) in [6, 6.07) is 12.0. The highest BCUT2D eigenvalue weighted by atomic mass is 32.2. The maximum absolute atomic E-state index is 12.8. The van der Waals surface area contributed by atoms with E-state index in [4.69, 9.17) is 4.74 Å². The number of carbonyl (C=O) groups excluding carboxylic acids is 2. The van der Waals surface area contributed by atoms with E-state index >= 15 is 0 Å². The molecule has 32 heavy (non-hydrogen) atoms. The number of rotatable bonds is 8. The maximum Gasteiger partial charge on any atom is 0.265 e. The Balaban J connectivity index is 1.69. The number of amides is 2. The van der Waals surface area contributed by atoms with E-state index in [1.807, 2.05) is 26.0 Å². The smallest absolute Gasteiger partial charge is 0.265 e. The van der Waals surface area contributed by atoms with Crippen molar-refractivity contribution in [3.8, 4) is 5.75 Å². The van der Waals surface area contributed by atoms with E-state index in [2.05, 4.69) is 5.32 Å². The third kappa shape index (κ3) is 5.40. The Kier molecular flexibility index (Phi) is 7.08. The van der Waals surface area contributed by atoms with Crippen molar-refractivity contribution < 1.29 is 22.7 Å². The van der Waals surface area contributed by atoms with Crippen LogP contribution < -0.4 is 19.3 Å². The molecule has 1 saturated heterocycles. The lowest BCUT2D eigenvalue weighted by molar-refractivity contribution is -0.122. The minimum atomic E-state index is -3.36. The molecule has 0 bridgehead atoms. The van der Waals surface area contributed by atoms with Crippen LogP contribution >= 0.6 is 0 Å². The average molecular weight is 460 g/mol.